The Kier molecular flexibility index (Phi) is 7.14. The predicted molar refractivity (Wildman–Crippen MR) is 117 cm³/mol. The fraction of sp³-hybridized carbons (Fsp3) is 0.364. The molecule has 0 saturated heterocycles. The minimum absolute atomic E-state index is 0.264. The van der Waals surface area contributed by atoms with E-state index in [1.54, 1.807) is 45.0 Å². The summed E-state index contributed by atoms with van der Waals surface area (Å²) in [5.41, 5.74) is 1.89. The van der Waals surface area contributed by atoms with Crippen LogP contribution in [0.15, 0.2) is 42.5 Å². The maximum absolute atomic E-state index is 13.1. The van der Waals surface area contributed by atoms with Crippen molar-refractivity contribution in [3.05, 3.63) is 53.1 Å². The normalized spacial score (nSPS) is 12.1. The van der Waals surface area contributed by atoms with Gasteiger partial charge in [-0.1, -0.05) is 69.6 Å². The van der Waals surface area contributed by atoms with Gasteiger partial charge in [-0.3, -0.25) is 9.59 Å². The van der Waals surface area contributed by atoms with Crippen LogP contribution in [0.4, 0.5) is 5.69 Å². The molecule has 3 aromatic rings. The molecular weight excluding hydrogens is 388 g/mol. The van der Waals surface area contributed by atoms with E-state index in [4.69, 9.17) is 11.6 Å². The molecule has 0 spiro atoms. The van der Waals surface area contributed by atoms with Gasteiger partial charge in [0.05, 0.1) is 16.2 Å². The molecule has 0 aliphatic carbocycles. The average Bonchev–Trinajstić information content (AvgIpc) is 3.10. The van der Waals surface area contributed by atoms with E-state index in [0.29, 0.717) is 21.7 Å². The van der Waals surface area contributed by atoms with E-state index in [9.17, 15) is 9.59 Å². The number of carbonyl (C=O) groups is 2. The number of aromatic nitrogens is 3. The third kappa shape index (κ3) is 5.01. The molecule has 154 valence electrons. The van der Waals surface area contributed by atoms with Gasteiger partial charge < -0.3 is 5.32 Å². The first-order valence-electron chi connectivity index (χ1n) is 9.60. The molecule has 1 atom stereocenters. The number of halogens is 1. The fourth-order valence-electron chi connectivity index (χ4n) is 2.77. The Balaban J connectivity index is 0.00000145. The molecule has 0 radical (unpaired) electrons. The maximum atomic E-state index is 13.1. The Labute approximate surface area is 176 Å². The van der Waals surface area contributed by atoms with Crippen molar-refractivity contribution in [2.24, 2.45) is 5.41 Å². The number of nitrogens with one attached hydrogen (secondary N) is 1. The van der Waals surface area contributed by atoms with Gasteiger partial charge in [0.15, 0.2) is 11.8 Å². The lowest BCUT2D eigenvalue weighted by atomic mass is 9.86. The minimum atomic E-state index is -1.16. The highest BCUT2D eigenvalue weighted by molar-refractivity contribution is 6.34. The third-order valence-corrected chi connectivity index (χ3v) is 4.57. The molecular formula is C22H27ClN4O2. The van der Waals surface area contributed by atoms with Crippen LogP contribution in [0, 0.1) is 12.3 Å². The van der Waals surface area contributed by atoms with Crippen molar-refractivity contribution in [1.29, 1.82) is 0 Å². The smallest absolute Gasteiger partial charge is 0.257 e. The van der Waals surface area contributed by atoms with E-state index in [2.05, 4.69) is 15.6 Å². The SMILES string of the molecule is CC.Cc1ccc(Cl)c(NC(=O)C(C(=O)C(C)(C)C)n2nnc3ccccc32)c1. The van der Waals surface area contributed by atoms with E-state index in [1.807, 2.05) is 39.0 Å². The summed E-state index contributed by atoms with van der Waals surface area (Å²) in [7, 11) is 0. The number of rotatable bonds is 4. The Morgan fingerprint density at radius 3 is 2.41 bits per heavy atom. The second kappa shape index (κ2) is 9.18. The zero-order valence-electron chi connectivity index (χ0n) is 17.7. The van der Waals surface area contributed by atoms with Gasteiger partial charge in [0.2, 0.25) is 0 Å². The van der Waals surface area contributed by atoms with Crippen molar-refractivity contribution >= 4 is 40.0 Å². The number of anilines is 1. The number of hydrogen-bond donors (Lipinski definition) is 1. The van der Waals surface area contributed by atoms with Crippen LogP contribution in [0.1, 0.15) is 46.2 Å². The van der Waals surface area contributed by atoms with E-state index >= 15 is 0 Å². The first kappa shape index (κ1) is 22.6. The van der Waals surface area contributed by atoms with Gasteiger partial charge in [0.25, 0.3) is 5.91 Å². The number of ketones is 1. The molecule has 1 aromatic heterocycles. The molecule has 0 aliphatic rings. The lowest BCUT2D eigenvalue weighted by Crippen LogP contribution is -2.39. The van der Waals surface area contributed by atoms with Gasteiger partial charge in [0, 0.05) is 5.41 Å². The zero-order chi connectivity index (χ0) is 21.8. The third-order valence-electron chi connectivity index (χ3n) is 4.24. The van der Waals surface area contributed by atoms with Crippen LogP contribution in [-0.4, -0.2) is 26.7 Å². The van der Waals surface area contributed by atoms with Gasteiger partial charge in [-0.25, -0.2) is 4.68 Å². The fourth-order valence-corrected chi connectivity index (χ4v) is 2.93. The summed E-state index contributed by atoms with van der Waals surface area (Å²) in [5, 5.41) is 11.3. The summed E-state index contributed by atoms with van der Waals surface area (Å²) in [6, 6.07) is 11.4. The second-order valence-corrected chi connectivity index (χ2v) is 7.92. The number of amides is 1. The number of Topliss-reactive ketones (excluding diaryl/α,β-unsaturated/α-hetero) is 1. The van der Waals surface area contributed by atoms with Crippen LogP contribution in [0.5, 0.6) is 0 Å². The average molecular weight is 415 g/mol. The molecule has 1 N–H and O–H groups in total. The van der Waals surface area contributed by atoms with Crippen molar-refractivity contribution in [3.8, 4) is 0 Å². The molecule has 0 fully saturated rings. The summed E-state index contributed by atoms with van der Waals surface area (Å²) < 4.78 is 1.38. The molecule has 0 aliphatic heterocycles. The molecule has 6 nitrogen and oxygen atoms in total. The van der Waals surface area contributed by atoms with Crippen molar-refractivity contribution in [1.82, 2.24) is 15.0 Å². The van der Waals surface area contributed by atoms with Crippen molar-refractivity contribution < 1.29 is 9.59 Å². The molecule has 1 unspecified atom stereocenters. The van der Waals surface area contributed by atoms with Gasteiger partial charge in [-0.2, -0.15) is 0 Å². The van der Waals surface area contributed by atoms with E-state index in [1.165, 1.54) is 4.68 Å². The summed E-state index contributed by atoms with van der Waals surface area (Å²) >= 11 is 6.20. The standard InChI is InChI=1S/C20H21ClN4O2.C2H6/c1-12-9-10-13(21)15(11-12)22-19(27)17(18(26)20(2,3)4)25-16-8-6-5-7-14(16)23-24-25;1-2/h5-11,17H,1-4H3,(H,22,27);1-2H3. The second-order valence-electron chi connectivity index (χ2n) is 7.51. The molecule has 3 rings (SSSR count). The van der Waals surface area contributed by atoms with Crippen LogP contribution in [0.2, 0.25) is 5.02 Å². The summed E-state index contributed by atoms with van der Waals surface area (Å²) in [4.78, 5) is 26.2. The molecule has 1 heterocycles. The van der Waals surface area contributed by atoms with Gasteiger partial charge >= 0.3 is 0 Å². The van der Waals surface area contributed by atoms with Crippen molar-refractivity contribution in [3.63, 3.8) is 0 Å². The Hall–Kier alpha value is -2.73. The maximum Gasteiger partial charge on any atom is 0.257 e. The van der Waals surface area contributed by atoms with E-state index < -0.39 is 17.4 Å². The first-order chi connectivity index (χ1) is 13.7. The summed E-state index contributed by atoms with van der Waals surface area (Å²) in [5.74, 6) is -0.766. The van der Waals surface area contributed by atoms with E-state index in [0.717, 1.165) is 5.56 Å². The first-order valence-corrected chi connectivity index (χ1v) is 9.97. The molecule has 0 saturated carbocycles. The Morgan fingerprint density at radius 2 is 1.76 bits per heavy atom. The van der Waals surface area contributed by atoms with E-state index in [-0.39, 0.29) is 5.78 Å². The molecule has 7 heteroatoms. The molecule has 1 amide bonds. The number of fused-ring (bicyclic) bond motifs is 1. The van der Waals surface area contributed by atoms with Crippen LogP contribution >= 0.6 is 11.6 Å². The van der Waals surface area contributed by atoms with Crippen LogP contribution < -0.4 is 5.32 Å². The number of benzene rings is 2. The number of aryl methyl sites for hydroxylation is 1. The predicted octanol–water partition coefficient (Wildman–Crippen LogP) is 5.21. The Morgan fingerprint density at radius 1 is 1.10 bits per heavy atom. The van der Waals surface area contributed by atoms with Crippen LogP contribution in [0.25, 0.3) is 11.0 Å². The molecule has 29 heavy (non-hydrogen) atoms. The highest BCUT2D eigenvalue weighted by atomic mass is 35.5. The largest absolute Gasteiger partial charge is 0.322 e. The van der Waals surface area contributed by atoms with Crippen LogP contribution in [-0.2, 0) is 9.59 Å². The summed E-state index contributed by atoms with van der Waals surface area (Å²) in [6.07, 6.45) is 0. The van der Waals surface area contributed by atoms with Crippen molar-refractivity contribution in [2.45, 2.75) is 47.6 Å². The van der Waals surface area contributed by atoms with Crippen molar-refractivity contribution in [2.75, 3.05) is 5.32 Å². The van der Waals surface area contributed by atoms with Crippen LogP contribution in [0.3, 0.4) is 0 Å². The monoisotopic (exact) mass is 414 g/mol. The molecule has 0 bridgehead atoms. The minimum Gasteiger partial charge on any atom is -0.322 e. The lowest BCUT2D eigenvalue weighted by Gasteiger charge is -2.24. The molecule has 2 aromatic carbocycles. The number of nitrogens with zero attached hydrogens (tertiary/aromatic N) is 3. The number of carbonyl (C=O) groups excluding carboxylic acids is 2. The Bertz CT molecular complexity index is 1020. The van der Waals surface area contributed by atoms with Gasteiger partial charge in [-0.15, -0.1) is 5.10 Å². The summed E-state index contributed by atoms with van der Waals surface area (Å²) in [6.45, 7) is 11.2. The highest BCUT2D eigenvalue weighted by Crippen LogP contribution is 2.29. The lowest BCUT2D eigenvalue weighted by molar-refractivity contribution is -0.135. The quantitative estimate of drug-likeness (QED) is 0.594. The highest BCUT2D eigenvalue weighted by Gasteiger charge is 2.38. The van der Waals surface area contributed by atoms with Gasteiger partial charge in [0.1, 0.15) is 5.52 Å². The topological polar surface area (TPSA) is 76.9 Å². The number of hydrogen-bond acceptors (Lipinski definition) is 4. The number of para-hydroxylation sites is 1. The van der Waals surface area contributed by atoms with Gasteiger partial charge in [-0.05, 0) is 36.8 Å². The zero-order valence-corrected chi connectivity index (χ0v) is 18.4.